The summed E-state index contributed by atoms with van der Waals surface area (Å²) in [5.74, 6) is 0.128. The molecule has 4 aliphatic carbocycles. The first-order chi connectivity index (χ1) is 17.6. The molecule has 7 heteroatoms. The Kier molecular flexibility index (Phi) is 5.42. The van der Waals surface area contributed by atoms with Crippen molar-refractivity contribution in [2.45, 2.75) is 98.4 Å². The fourth-order valence-electron chi connectivity index (χ4n) is 8.87. The Morgan fingerprint density at radius 1 is 1.11 bits per heavy atom. The van der Waals surface area contributed by atoms with E-state index in [2.05, 4.69) is 26.8 Å². The summed E-state index contributed by atoms with van der Waals surface area (Å²) in [5, 5.41) is 25.5. The number of ether oxygens (including phenoxy) is 3. The maximum Gasteiger partial charge on any atom is 0.342 e. The lowest BCUT2D eigenvalue weighted by Crippen LogP contribution is -2.69. The fourth-order valence-corrected chi connectivity index (χ4v) is 8.87. The lowest BCUT2D eigenvalue weighted by Gasteiger charge is -2.55. The Morgan fingerprint density at radius 3 is 2.42 bits per heavy atom. The average molecular weight is 527 g/mol. The maximum atomic E-state index is 13.7. The number of fused-ring (bicyclic) bond motifs is 5. The van der Waals surface area contributed by atoms with E-state index in [0.717, 1.165) is 23.1 Å². The van der Waals surface area contributed by atoms with Crippen LogP contribution in [0.3, 0.4) is 0 Å². The highest BCUT2D eigenvalue weighted by molar-refractivity contribution is 5.92. The van der Waals surface area contributed by atoms with Crippen LogP contribution in [0.25, 0.3) is 0 Å². The molecule has 0 radical (unpaired) electrons. The Morgan fingerprint density at radius 2 is 1.79 bits per heavy atom. The second-order valence-electron chi connectivity index (χ2n) is 13.7. The van der Waals surface area contributed by atoms with Gasteiger partial charge in [0.1, 0.15) is 28.8 Å². The van der Waals surface area contributed by atoms with E-state index in [1.165, 1.54) is 0 Å². The molecule has 1 aromatic rings. The van der Waals surface area contributed by atoms with Gasteiger partial charge in [-0.1, -0.05) is 32.9 Å². The van der Waals surface area contributed by atoms with Crippen molar-refractivity contribution in [2.75, 3.05) is 6.61 Å². The van der Waals surface area contributed by atoms with Gasteiger partial charge in [0, 0.05) is 11.5 Å². The summed E-state index contributed by atoms with van der Waals surface area (Å²) in [6.45, 7) is 17.9. The normalized spacial score (nSPS) is 44.0. The van der Waals surface area contributed by atoms with E-state index in [1.807, 2.05) is 40.7 Å². The Labute approximate surface area is 225 Å². The summed E-state index contributed by atoms with van der Waals surface area (Å²) in [7, 11) is 0. The minimum absolute atomic E-state index is 0.0811. The standard InChI is InChI=1S/C31H42O7/c1-14-12-30-15(2)10-21-23(28(21,6)7)20(24(30)32)11-19-13-35-29(8,9)38-26(19)31(30,34)25(14)37-27(33)22-16(3)17(4)36-18(22)5/h11-12,15,20-21,23-26,32,34H,10,13H2,1-9H3/t15-,20+,21-,23+,24?,25+,26-,30+,31-/m1/s1. The van der Waals surface area contributed by atoms with Crippen molar-refractivity contribution >= 4 is 5.97 Å². The van der Waals surface area contributed by atoms with E-state index in [9.17, 15) is 15.0 Å². The SMILES string of the molecule is CC1=C[C@]23C(O)[C@@H](C=C4COC(C)(C)O[C@H]4[C@]2(O)[C@H]1OC(=O)c1c(C)oc(C)c1C)[C@H]1[C@@H](C[C@H]3C)C1(C)C. The molecule has 1 saturated heterocycles. The third-order valence-corrected chi connectivity index (χ3v) is 10.9. The van der Waals surface area contributed by atoms with Crippen molar-refractivity contribution in [3.63, 3.8) is 0 Å². The molecule has 1 aliphatic heterocycles. The molecular weight excluding hydrogens is 484 g/mol. The van der Waals surface area contributed by atoms with Crippen LogP contribution in [0.5, 0.6) is 0 Å². The molecule has 2 heterocycles. The molecule has 1 spiro atoms. The van der Waals surface area contributed by atoms with Crippen LogP contribution in [0.4, 0.5) is 0 Å². The third-order valence-electron chi connectivity index (χ3n) is 10.9. The number of carbonyl (C=O) groups is 1. The van der Waals surface area contributed by atoms with Gasteiger partial charge in [-0.15, -0.1) is 0 Å². The van der Waals surface area contributed by atoms with Crippen molar-refractivity contribution in [1.82, 2.24) is 0 Å². The number of rotatable bonds is 2. The predicted octanol–water partition coefficient (Wildman–Crippen LogP) is 4.79. The Hall–Kier alpha value is -1.93. The molecule has 1 aromatic heterocycles. The number of aliphatic hydroxyl groups excluding tert-OH is 1. The molecule has 208 valence electrons. The van der Waals surface area contributed by atoms with Crippen LogP contribution < -0.4 is 0 Å². The molecule has 2 saturated carbocycles. The van der Waals surface area contributed by atoms with Gasteiger partial charge in [-0.2, -0.15) is 0 Å². The summed E-state index contributed by atoms with van der Waals surface area (Å²) in [5.41, 5.74) is -0.0490. The number of hydrogen-bond acceptors (Lipinski definition) is 7. The van der Waals surface area contributed by atoms with E-state index in [0.29, 0.717) is 28.9 Å². The number of hydrogen-bond donors (Lipinski definition) is 2. The van der Waals surface area contributed by atoms with Crippen molar-refractivity contribution in [2.24, 2.45) is 34.5 Å². The maximum absolute atomic E-state index is 13.7. The van der Waals surface area contributed by atoms with Gasteiger partial charge in [-0.25, -0.2) is 4.79 Å². The van der Waals surface area contributed by atoms with Gasteiger partial charge < -0.3 is 28.8 Å². The van der Waals surface area contributed by atoms with Crippen LogP contribution >= 0.6 is 0 Å². The number of aliphatic hydroxyl groups is 2. The summed E-state index contributed by atoms with van der Waals surface area (Å²) < 4.78 is 24.6. The molecule has 3 fully saturated rings. The predicted molar refractivity (Wildman–Crippen MR) is 140 cm³/mol. The number of aryl methyl sites for hydroxylation is 2. The zero-order valence-electron chi connectivity index (χ0n) is 24.0. The summed E-state index contributed by atoms with van der Waals surface area (Å²) in [6, 6.07) is 0. The minimum Gasteiger partial charge on any atom is -0.465 e. The van der Waals surface area contributed by atoms with E-state index in [1.54, 1.807) is 6.92 Å². The molecule has 0 amide bonds. The quantitative estimate of drug-likeness (QED) is 0.422. The molecular formula is C31H42O7. The van der Waals surface area contributed by atoms with E-state index >= 15 is 0 Å². The smallest absolute Gasteiger partial charge is 0.342 e. The van der Waals surface area contributed by atoms with Crippen molar-refractivity contribution in [3.8, 4) is 0 Å². The lowest BCUT2D eigenvalue weighted by atomic mass is 9.58. The second kappa shape index (κ2) is 7.84. The van der Waals surface area contributed by atoms with Crippen LogP contribution in [-0.2, 0) is 14.2 Å². The van der Waals surface area contributed by atoms with Crippen LogP contribution in [0.1, 0.15) is 75.4 Å². The van der Waals surface area contributed by atoms with Crippen LogP contribution in [0.2, 0.25) is 0 Å². The summed E-state index contributed by atoms with van der Waals surface area (Å²) in [4.78, 5) is 13.7. The highest BCUT2D eigenvalue weighted by atomic mass is 16.7. The zero-order chi connectivity index (χ0) is 27.7. The van der Waals surface area contributed by atoms with Gasteiger partial charge in [0.05, 0.1) is 18.1 Å². The highest BCUT2D eigenvalue weighted by Gasteiger charge is 2.77. The van der Waals surface area contributed by atoms with Gasteiger partial charge in [-0.3, -0.25) is 0 Å². The van der Waals surface area contributed by atoms with E-state index in [4.69, 9.17) is 18.6 Å². The molecule has 6 rings (SSSR count). The number of esters is 1. The van der Waals surface area contributed by atoms with Crippen LogP contribution in [0, 0.1) is 55.3 Å². The second-order valence-corrected chi connectivity index (χ2v) is 13.7. The van der Waals surface area contributed by atoms with Crippen molar-refractivity contribution < 1.29 is 33.6 Å². The first-order valence-corrected chi connectivity index (χ1v) is 14.0. The van der Waals surface area contributed by atoms with Crippen LogP contribution in [-0.4, -0.2) is 52.5 Å². The van der Waals surface area contributed by atoms with Crippen LogP contribution in [0.15, 0.2) is 27.7 Å². The minimum atomic E-state index is -1.73. The molecule has 7 nitrogen and oxygen atoms in total. The largest absolute Gasteiger partial charge is 0.465 e. The zero-order valence-corrected chi connectivity index (χ0v) is 24.0. The molecule has 0 aromatic carbocycles. The Balaban J connectivity index is 1.52. The average Bonchev–Trinajstić information content (AvgIpc) is 3.18. The Bertz CT molecular complexity index is 1270. The number of carbonyl (C=O) groups excluding carboxylic acids is 1. The third kappa shape index (κ3) is 3.13. The first-order valence-electron chi connectivity index (χ1n) is 14.0. The topological polar surface area (TPSA) is 98.4 Å². The molecule has 5 aliphatic rings. The van der Waals surface area contributed by atoms with Gasteiger partial charge in [0.15, 0.2) is 11.9 Å². The number of furan rings is 1. The van der Waals surface area contributed by atoms with Gasteiger partial charge in [0.2, 0.25) is 0 Å². The fraction of sp³-hybridized carbons (Fsp3) is 0.710. The van der Waals surface area contributed by atoms with Gasteiger partial charge in [0.25, 0.3) is 0 Å². The summed E-state index contributed by atoms with van der Waals surface area (Å²) >= 11 is 0. The summed E-state index contributed by atoms with van der Waals surface area (Å²) in [6.07, 6.45) is 2.29. The molecule has 1 unspecified atom stereocenters. The van der Waals surface area contributed by atoms with Crippen molar-refractivity contribution in [3.05, 3.63) is 45.9 Å². The lowest BCUT2D eigenvalue weighted by molar-refractivity contribution is -0.312. The molecule has 2 N–H and O–H groups in total. The highest BCUT2D eigenvalue weighted by Crippen LogP contribution is 2.73. The molecule has 38 heavy (non-hydrogen) atoms. The van der Waals surface area contributed by atoms with Gasteiger partial charge in [-0.05, 0) is 82.3 Å². The first kappa shape index (κ1) is 26.3. The van der Waals surface area contributed by atoms with Crippen molar-refractivity contribution in [1.29, 1.82) is 0 Å². The monoisotopic (exact) mass is 526 g/mol. The van der Waals surface area contributed by atoms with Gasteiger partial charge >= 0.3 is 5.97 Å². The van der Waals surface area contributed by atoms with E-state index in [-0.39, 0.29) is 23.9 Å². The van der Waals surface area contributed by atoms with E-state index < -0.39 is 41.1 Å². The molecule has 2 bridgehead atoms. The molecule has 9 atom stereocenters.